The first kappa shape index (κ1) is 9.31. The summed E-state index contributed by atoms with van der Waals surface area (Å²) >= 11 is 0. The van der Waals surface area contributed by atoms with Gasteiger partial charge in [-0.3, -0.25) is 0 Å². The smallest absolute Gasteiger partial charge is 0.148 e. The largest absolute Gasteiger partial charge is 0.376 e. The molecule has 1 aliphatic heterocycles. The molecule has 0 radical (unpaired) electrons. The Morgan fingerprint density at radius 1 is 1.57 bits per heavy atom. The summed E-state index contributed by atoms with van der Waals surface area (Å²) in [5.41, 5.74) is 1.60. The molecule has 2 rings (SSSR count). The first-order chi connectivity index (χ1) is 6.72. The third kappa shape index (κ3) is 1.43. The van der Waals surface area contributed by atoms with Crippen molar-refractivity contribution in [2.24, 2.45) is 0 Å². The van der Waals surface area contributed by atoms with Crippen LogP contribution in [0.3, 0.4) is 0 Å². The van der Waals surface area contributed by atoms with Gasteiger partial charge in [-0.25, -0.2) is 4.39 Å². The lowest BCUT2D eigenvalue weighted by Crippen LogP contribution is -2.39. The molecule has 1 unspecified atom stereocenters. The van der Waals surface area contributed by atoms with Crippen LogP contribution < -0.4 is 10.2 Å². The zero-order valence-electron chi connectivity index (χ0n) is 8.55. The molecule has 0 amide bonds. The maximum absolute atomic E-state index is 13.5. The van der Waals surface area contributed by atoms with Crippen LogP contribution in [0, 0.1) is 5.82 Å². The summed E-state index contributed by atoms with van der Waals surface area (Å²) in [5.74, 6) is -0.160. The molecule has 1 atom stereocenters. The van der Waals surface area contributed by atoms with Crippen molar-refractivity contribution in [1.82, 2.24) is 0 Å². The Labute approximate surface area is 83.7 Å². The molecule has 0 saturated carbocycles. The van der Waals surface area contributed by atoms with Crippen molar-refractivity contribution < 1.29 is 4.39 Å². The zero-order valence-corrected chi connectivity index (χ0v) is 8.55. The van der Waals surface area contributed by atoms with E-state index in [1.54, 1.807) is 6.07 Å². The number of anilines is 2. The van der Waals surface area contributed by atoms with Crippen LogP contribution in [0.5, 0.6) is 0 Å². The van der Waals surface area contributed by atoms with Gasteiger partial charge in [0.1, 0.15) is 5.82 Å². The summed E-state index contributed by atoms with van der Waals surface area (Å²) in [6.07, 6.45) is 1.01. The minimum Gasteiger partial charge on any atom is -0.376 e. The third-order valence-corrected chi connectivity index (χ3v) is 2.74. The average Bonchev–Trinajstić information content (AvgIpc) is 2.19. The number of hydrogen-bond donors (Lipinski definition) is 1. The molecule has 0 spiro atoms. The highest BCUT2D eigenvalue weighted by atomic mass is 19.1. The van der Waals surface area contributed by atoms with Gasteiger partial charge in [0.25, 0.3) is 0 Å². The van der Waals surface area contributed by atoms with E-state index >= 15 is 0 Å². The van der Waals surface area contributed by atoms with Crippen molar-refractivity contribution in [1.29, 1.82) is 0 Å². The summed E-state index contributed by atoms with van der Waals surface area (Å²) in [4.78, 5) is 2.10. The standard InChI is InChI=1S/C11H15FN2/c1-3-8-7-14(2)10-6-4-5-9(12)11(10)13-8/h4-6,8,13H,3,7H2,1-2H3. The fraction of sp³-hybridized carbons (Fsp3) is 0.455. The molecule has 14 heavy (non-hydrogen) atoms. The molecule has 1 heterocycles. The highest BCUT2D eigenvalue weighted by molar-refractivity contribution is 5.72. The molecule has 1 aromatic rings. The minimum absolute atomic E-state index is 0.160. The topological polar surface area (TPSA) is 15.3 Å². The van der Waals surface area contributed by atoms with Crippen molar-refractivity contribution in [3.05, 3.63) is 24.0 Å². The van der Waals surface area contributed by atoms with Crippen molar-refractivity contribution in [3.63, 3.8) is 0 Å². The van der Waals surface area contributed by atoms with Crippen LogP contribution in [0.2, 0.25) is 0 Å². The van der Waals surface area contributed by atoms with Crippen LogP contribution in [0.15, 0.2) is 18.2 Å². The number of para-hydroxylation sites is 1. The Morgan fingerprint density at radius 2 is 2.36 bits per heavy atom. The molecule has 1 aliphatic rings. The Hall–Kier alpha value is -1.25. The maximum Gasteiger partial charge on any atom is 0.148 e. The van der Waals surface area contributed by atoms with Crippen molar-refractivity contribution >= 4 is 11.4 Å². The van der Waals surface area contributed by atoms with Gasteiger partial charge in [-0.2, -0.15) is 0 Å². The molecule has 1 aromatic carbocycles. The molecule has 0 aliphatic carbocycles. The van der Waals surface area contributed by atoms with E-state index in [0.717, 1.165) is 18.7 Å². The van der Waals surface area contributed by atoms with Gasteiger partial charge < -0.3 is 10.2 Å². The van der Waals surface area contributed by atoms with Gasteiger partial charge in [-0.1, -0.05) is 13.0 Å². The van der Waals surface area contributed by atoms with E-state index < -0.39 is 0 Å². The predicted octanol–water partition coefficient (Wildman–Crippen LogP) is 2.47. The van der Waals surface area contributed by atoms with E-state index in [-0.39, 0.29) is 5.82 Å². The fourth-order valence-electron chi connectivity index (χ4n) is 1.88. The number of benzene rings is 1. The number of nitrogens with one attached hydrogen (secondary N) is 1. The van der Waals surface area contributed by atoms with Crippen LogP contribution in [0.25, 0.3) is 0 Å². The van der Waals surface area contributed by atoms with Crippen molar-refractivity contribution in [2.75, 3.05) is 23.8 Å². The number of rotatable bonds is 1. The van der Waals surface area contributed by atoms with Crippen LogP contribution >= 0.6 is 0 Å². The SMILES string of the molecule is CCC1CN(C)c2cccc(F)c2N1. The van der Waals surface area contributed by atoms with Crippen molar-refractivity contribution in [2.45, 2.75) is 19.4 Å². The number of likely N-dealkylation sites (N-methyl/N-ethyl adjacent to an activating group) is 1. The second kappa shape index (κ2) is 3.48. The highest BCUT2D eigenvalue weighted by Crippen LogP contribution is 2.32. The summed E-state index contributed by atoms with van der Waals surface area (Å²) in [6, 6.07) is 5.54. The maximum atomic E-state index is 13.5. The molecule has 2 nitrogen and oxygen atoms in total. The quantitative estimate of drug-likeness (QED) is 0.738. The van der Waals surface area contributed by atoms with Crippen LogP contribution in [-0.4, -0.2) is 19.6 Å². The van der Waals surface area contributed by atoms with Gasteiger partial charge in [0, 0.05) is 19.6 Å². The van der Waals surface area contributed by atoms with E-state index in [9.17, 15) is 4.39 Å². The summed E-state index contributed by atoms with van der Waals surface area (Å²) < 4.78 is 13.5. The monoisotopic (exact) mass is 194 g/mol. The van der Waals surface area contributed by atoms with E-state index in [1.807, 2.05) is 13.1 Å². The fourth-order valence-corrected chi connectivity index (χ4v) is 1.88. The molecule has 76 valence electrons. The molecule has 0 bridgehead atoms. The Morgan fingerprint density at radius 3 is 3.07 bits per heavy atom. The zero-order chi connectivity index (χ0) is 10.1. The highest BCUT2D eigenvalue weighted by Gasteiger charge is 2.22. The molecule has 0 saturated heterocycles. The average molecular weight is 194 g/mol. The lowest BCUT2D eigenvalue weighted by Gasteiger charge is -2.34. The Bertz CT molecular complexity index is 338. The van der Waals surface area contributed by atoms with Gasteiger partial charge >= 0.3 is 0 Å². The summed E-state index contributed by atoms with van der Waals surface area (Å²) in [5, 5.41) is 3.23. The van der Waals surface area contributed by atoms with Gasteiger partial charge in [0.2, 0.25) is 0 Å². The second-order valence-corrected chi connectivity index (χ2v) is 3.76. The van der Waals surface area contributed by atoms with Crippen LogP contribution in [0.1, 0.15) is 13.3 Å². The molecule has 0 aromatic heterocycles. The normalized spacial score (nSPS) is 20.2. The number of halogens is 1. The molecule has 3 heteroatoms. The van der Waals surface area contributed by atoms with E-state index in [2.05, 4.69) is 17.1 Å². The van der Waals surface area contributed by atoms with E-state index in [4.69, 9.17) is 0 Å². The van der Waals surface area contributed by atoms with E-state index in [1.165, 1.54) is 6.07 Å². The lowest BCUT2D eigenvalue weighted by molar-refractivity contribution is 0.606. The van der Waals surface area contributed by atoms with Crippen molar-refractivity contribution in [3.8, 4) is 0 Å². The number of hydrogen-bond acceptors (Lipinski definition) is 2. The predicted molar refractivity (Wildman–Crippen MR) is 57.4 cm³/mol. The van der Waals surface area contributed by atoms with Gasteiger partial charge in [-0.05, 0) is 18.6 Å². The second-order valence-electron chi connectivity index (χ2n) is 3.76. The van der Waals surface area contributed by atoms with Crippen LogP contribution in [0.4, 0.5) is 15.8 Å². The Balaban J connectivity index is 2.40. The van der Waals surface area contributed by atoms with E-state index in [0.29, 0.717) is 11.7 Å². The number of nitrogens with zero attached hydrogens (tertiary/aromatic N) is 1. The third-order valence-electron chi connectivity index (χ3n) is 2.74. The first-order valence-corrected chi connectivity index (χ1v) is 4.98. The summed E-state index contributed by atoms with van der Waals surface area (Å²) in [6.45, 7) is 3.05. The van der Waals surface area contributed by atoms with Crippen LogP contribution in [-0.2, 0) is 0 Å². The lowest BCUT2D eigenvalue weighted by atomic mass is 10.1. The first-order valence-electron chi connectivity index (χ1n) is 4.98. The minimum atomic E-state index is -0.160. The summed E-state index contributed by atoms with van der Waals surface area (Å²) in [7, 11) is 2.00. The Kier molecular flexibility index (Phi) is 2.32. The van der Waals surface area contributed by atoms with Gasteiger partial charge in [0.15, 0.2) is 0 Å². The molecule has 0 fully saturated rings. The molecular weight excluding hydrogens is 179 g/mol. The van der Waals surface area contributed by atoms with Gasteiger partial charge in [0.05, 0.1) is 11.4 Å². The van der Waals surface area contributed by atoms with Gasteiger partial charge in [-0.15, -0.1) is 0 Å². The molecular formula is C11H15FN2. The number of fused-ring (bicyclic) bond motifs is 1. The molecule has 1 N–H and O–H groups in total.